The van der Waals surface area contributed by atoms with Crippen molar-refractivity contribution in [2.75, 3.05) is 50.3 Å². The minimum Gasteiger partial charge on any atom is -0.508 e. The standard InChI is InChI=1S/C25H24ClFN6O/c1-31(2)15-10-32(11-15)25-29-23-19(24(30-25)33-12-28-13-33)9-20(26)21(22(23)27)18-8-16(34)7-14-5-3-4-6-17(14)18/h3-9,15,28,34H,10-13H2,1-2H3. The van der Waals surface area contributed by atoms with Crippen LogP contribution in [0.4, 0.5) is 16.2 Å². The van der Waals surface area contributed by atoms with E-state index in [0.717, 1.165) is 23.9 Å². The summed E-state index contributed by atoms with van der Waals surface area (Å²) in [5.41, 5.74) is 0.990. The van der Waals surface area contributed by atoms with Gasteiger partial charge < -0.3 is 19.8 Å². The number of phenolic OH excluding ortho intramolecular Hbond substituents is 1. The fourth-order valence-electron chi connectivity index (χ4n) is 4.62. The van der Waals surface area contributed by atoms with Crippen LogP contribution in [0.2, 0.25) is 5.02 Å². The molecule has 0 radical (unpaired) electrons. The molecular weight excluding hydrogens is 455 g/mol. The molecule has 0 atom stereocenters. The van der Waals surface area contributed by atoms with Crippen molar-refractivity contribution in [3.63, 3.8) is 0 Å². The second-order valence-corrected chi connectivity index (χ2v) is 9.54. The monoisotopic (exact) mass is 478 g/mol. The second-order valence-electron chi connectivity index (χ2n) is 9.13. The number of hydrogen-bond donors (Lipinski definition) is 2. The number of anilines is 2. The van der Waals surface area contributed by atoms with Gasteiger partial charge in [0.2, 0.25) is 5.95 Å². The molecule has 6 rings (SSSR count). The van der Waals surface area contributed by atoms with E-state index in [1.807, 2.05) is 43.3 Å². The van der Waals surface area contributed by atoms with Gasteiger partial charge in [-0.3, -0.25) is 5.32 Å². The van der Waals surface area contributed by atoms with Gasteiger partial charge in [0, 0.05) is 30.1 Å². The molecule has 0 spiro atoms. The number of fused-ring (bicyclic) bond motifs is 2. The summed E-state index contributed by atoms with van der Waals surface area (Å²) in [7, 11) is 4.10. The molecular formula is C25H24ClFN6O. The lowest BCUT2D eigenvalue weighted by Crippen LogP contribution is -2.58. The van der Waals surface area contributed by atoms with Crippen molar-refractivity contribution < 1.29 is 9.50 Å². The summed E-state index contributed by atoms with van der Waals surface area (Å²) in [5, 5.41) is 16.0. The van der Waals surface area contributed by atoms with Crippen molar-refractivity contribution in [3.8, 4) is 16.9 Å². The van der Waals surface area contributed by atoms with Gasteiger partial charge >= 0.3 is 0 Å². The third kappa shape index (κ3) is 3.33. The van der Waals surface area contributed by atoms with E-state index < -0.39 is 5.82 Å². The molecule has 0 unspecified atom stereocenters. The summed E-state index contributed by atoms with van der Waals surface area (Å²) in [6.07, 6.45) is 0. The number of likely N-dealkylation sites (N-methyl/N-ethyl adjacent to an activating group) is 1. The molecule has 34 heavy (non-hydrogen) atoms. The van der Waals surface area contributed by atoms with E-state index in [0.29, 0.717) is 42.1 Å². The lowest BCUT2D eigenvalue weighted by atomic mass is 9.96. The molecule has 3 aromatic carbocycles. The largest absolute Gasteiger partial charge is 0.508 e. The van der Waals surface area contributed by atoms with Crippen molar-refractivity contribution in [1.82, 2.24) is 20.2 Å². The molecule has 2 N–H and O–H groups in total. The third-order valence-electron chi connectivity index (χ3n) is 6.75. The minimum absolute atomic E-state index is 0.0512. The van der Waals surface area contributed by atoms with E-state index in [-0.39, 0.29) is 21.9 Å². The van der Waals surface area contributed by atoms with Crippen molar-refractivity contribution in [2.45, 2.75) is 6.04 Å². The van der Waals surface area contributed by atoms with E-state index in [1.54, 1.807) is 18.2 Å². The molecule has 2 aliphatic rings. The number of phenols is 1. The zero-order valence-electron chi connectivity index (χ0n) is 18.9. The van der Waals surface area contributed by atoms with Gasteiger partial charge in [-0.2, -0.15) is 4.98 Å². The molecule has 0 aliphatic carbocycles. The van der Waals surface area contributed by atoms with Gasteiger partial charge in [-0.1, -0.05) is 35.9 Å². The fraction of sp³-hybridized carbons (Fsp3) is 0.280. The molecule has 1 aromatic heterocycles. The number of hydrogen-bond acceptors (Lipinski definition) is 7. The zero-order valence-corrected chi connectivity index (χ0v) is 19.6. The highest BCUT2D eigenvalue weighted by Gasteiger charge is 2.32. The number of rotatable bonds is 4. The van der Waals surface area contributed by atoms with Crippen LogP contribution in [-0.4, -0.2) is 66.5 Å². The number of benzene rings is 3. The molecule has 4 aromatic rings. The summed E-state index contributed by atoms with van der Waals surface area (Å²) in [4.78, 5) is 15.8. The van der Waals surface area contributed by atoms with Crippen molar-refractivity contribution >= 4 is 45.0 Å². The predicted octanol–water partition coefficient (Wildman–Crippen LogP) is 4.02. The maximum atomic E-state index is 16.3. The first kappa shape index (κ1) is 21.3. The predicted molar refractivity (Wildman–Crippen MR) is 134 cm³/mol. The fourth-order valence-corrected chi connectivity index (χ4v) is 4.91. The Balaban J connectivity index is 1.57. The number of nitrogens with zero attached hydrogens (tertiary/aromatic N) is 5. The van der Waals surface area contributed by atoms with Gasteiger partial charge in [-0.25, -0.2) is 9.37 Å². The van der Waals surface area contributed by atoms with Gasteiger partial charge in [0.1, 0.15) is 17.1 Å². The van der Waals surface area contributed by atoms with Gasteiger partial charge in [0.25, 0.3) is 0 Å². The normalized spacial score (nSPS) is 16.4. The SMILES string of the molecule is CN(C)C1CN(c2nc(N3CNC3)c3cc(Cl)c(-c4cc(O)cc5ccccc45)c(F)c3n2)C1. The summed E-state index contributed by atoms with van der Waals surface area (Å²) in [6.45, 7) is 2.83. The van der Waals surface area contributed by atoms with E-state index in [1.165, 1.54) is 0 Å². The Bertz CT molecular complexity index is 1430. The van der Waals surface area contributed by atoms with Gasteiger partial charge in [0.15, 0.2) is 5.82 Å². The van der Waals surface area contributed by atoms with Crippen LogP contribution < -0.4 is 15.1 Å². The Morgan fingerprint density at radius 2 is 1.82 bits per heavy atom. The maximum Gasteiger partial charge on any atom is 0.228 e. The highest BCUT2D eigenvalue weighted by atomic mass is 35.5. The van der Waals surface area contributed by atoms with Crippen LogP contribution in [0.3, 0.4) is 0 Å². The van der Waals surface area contributed by atoms with Crippen molar-refractivity contribution in [1.29, 1.82) is 0 Å². The number of aromatic hydroxyl groups is 1. The zero-order chi connectivity index (χ0) is 23.6. The maximum absolute atomic E-state index is 16.3. The Hall–Kier alpha value is -3.20. The first-order valence-electron chi connectivity index (χ1n) is 11.2. The molecule has 7 nitrogen and oxygen atoms in total. The highest BCUT2D eigenvalue weighted by Crippen LogP contribution is 2.42. The Morgan fingerprint density at radius 3 is 2.53 bits per heavy atom. The smallest absolute Gasteiger partial charge is 0.228 e. The van der Waals surface area contributed by atoms with E-state index in [2.05, 4.69) is 20.1 Å². The van der Waals surface area contributed by atoms with Crippen LogP contribution in [0.15, 0.2) is 42.5 Å². The number of aromatic nitrogens is 2. The highest BCUT2D eigenvalue weighted by molar-refractivity contribution is 6.35. The summed E-state index contributed by atoms with van der Waals surface area (Å²) < 4.78 is 16.3. The third-order valence-corrected chi connectivity index (χ3v) is 7.05. The van der Waals surface area contributed by atoms with Crippen LogP contribution in [0.5, 0.6) is 5.75 Å². The average Bonchev–Trinajstić information content (AvgIpc) is 2.72. The molecule has 3 heterocycles. The van der Waals surface area contributed by atoms with Crippen LogP contribution in [0, 0.1) is 5.82 Å². The minimum atomic E-state index is -0.513. The van der Waals surface area contributed by atoms with Crippen LogP contribution >= 0.6 is 11.6 Å². The van der Waals surface area contributed by atoms with Crippen LogP contribution in [-0.2, 0) is 0 Å². The van der Waals surface area contributed by atoms with E-state index >= 15 is 4.39 Å². The van der Waals surface area contributed by atoms with E-state index in [4.69, 9.17) is 16.6 Å². The Morgan fingerprint density at radius 1 is 1.06 bits per heavy atom. The van der Waals surface area contributed by atoms with Gasteiger partial charge in [-0.15, -0.1) is 0 Å². The summed E-state index contributed by atoms with van der Waals surface area (Å²) in [5.74, 6) is 0.720. The molecule has 2 aliphatic heterocycles. The lowest BCUT2D eigenvalue weighted by molar-refractivity contribution is 0.245. The summed E-state index contributed by atoms with van der Waals surface area (Å²) >= 11 is 6.70. The van der Waals surface area contributed by atoms with E-state index in [9.17, 15) is 5.11 Å². The number of nitrogens with one attached hydrogen (secondary N) is 1. The second kappa shape index (κ2) is 7.94. The van der Waals surface area contributed by atoms with Crippen molar-refractivity contribution in [3.05, 3.63) is 53.3 Å². The first-order chi connectivity index (χ1) is 16.4. The molecule has 2 fully saturated rings. The van der Waals surface area contributed by atoms with Crippen LogP contribution in [0.25, 0.3) is 32.8 Å². The number of halogens is 2. The Kier molecular flexibility index (Phi) is 4.98. The molecule has 174 valence electrons. The average molecular weight is 479 g/mol. The van der Waals surface area contributed by atoms with Crippen molar-refractivity contribution in [2.24, 2.45) is 0 Å². The quantitative estimate of drug-likeness (QED) is 0.459. The van der Waals surface area contributed by atoms with Crippen LogP contribution in [0.1, 0.15) is 0 Å². The molecule has 0 saturated carbocycles. The molecule has 0 bridgehead atoms. The molecule has 9 heteroatoms. The first-order valence-corrected chi connectivity index (χ1v) is 11.6. The van der Waals surface area contributed by atoms with Gasteiger partial charge in [-0.05, 0) is 48.6 Å². The molecule has 0 amide bonds. The van der Waals surface area contributed by atoms with Gasteiger partial charge in [0.05, 0.1) is 18.4 Å². The molecule has 2 saturated heterocycles. The topological polar surface area (TPSA) is 67.8 Å². The Labute approximate surface area is 201 Å². The lowest BCUT2D eigenvalue weighted by Gasteiger charge is -2.43. The summed E-state index contributed by atoms with van der Waals surface area (Å²) in [6, 6.07) is 12.9.